The molecule has 24 heavy (non-hydrogen) atoms. The minimum atomic E-state index is 0.0909. The number of allylic oxidation sites excluding steroid dienone is 4. The normalized spacial score (nSPS) is 52.8. The van der Waals surface area contributed by atoms with Crippen molar-refractivity contribution in [2.45, 2.75) is 58.2 Å². The maximum atomic E-state index is 11.8. The van der Waals surface area contributed by atoms with Crippen molar-refractivity contribution >= 4 is 5.78 Å². The van der Waals surface area contributed by atoms with Crippen LogP contribution < -0.4 is 0 Å². The third kappa shape index (κ3) is 1.89. The Kier molecular flexibility index (Phi) is 3.22. The van der Waals surface area contributed by atoms with Crippen LogP contribution in [0.1, 0.15) is 46.0 Å². The van der Waals surface area contributed by atoms with E-state index in [4.69, 9.17) is 9.47 Å². The van der Waals surface area contributed by atoms with Gasteiger partial charge in [-0.2, -0.15) is 0 Å². The molecule has 2 unspecified atom stereocenters. The number of fused-ring (bicyclic) bond motifs is 7. The van der Waals surface area contributed by atoms with Crippen molar-refractivity contribution < 1.29 is 14.3 Å². The number of carbonyl (C=O) groups excluding carboxylic acids is 1. The summed E-state index contributed by atoms with van der Waals surface area (Å²) in [4.78, 5) is 11.8. The molecule has 0 radical (unpaired) electrons. The smallest absolute Gasteiger partial charge is 0.178 e. The largest absolute Gasteiger partial charge is 0.373 e. The molecule has 130 valence electrons. The summed E-state index contributed by atoms with van der Waals surface area (Å²) < 4.78 is 12.3. The molecule has 3 saturated carbocycles. The zero-order valence-electron chi connectivity index (χ0n) is 14.8. The summed E-state index contributed by atoms with van der Waals surface area (Å²) in [5, 5.41) is 0. The van der Waals surface area contributed by atoms with E-state index in [9.17, 15) is 4.79 Å². The molecule has 0 spiro atoms. The molecule has 0 aromatic rings. The molecule has 7 atom stereocenters. The highest BCUT2D eigenvalue weighted by Gasteiger charge is 2.62. The van der Waals surface area contributed by atoms with E-state index >= 15 is 0 Å². The molecule has 4 fully saturated rings. The van der Waals surface area contributed by atoms with Crippen LogP contribution in [0.25, 0.3) is 0 Å². The van der Waals surface area contributed by atoms with E-state index in [1.165, 1.54) is 31.3 Å². The number of rotatable bonds is 0. The van der Waals surface area contributed by atoms with E-state index in [2.05, 4.69) is 19.9 Å². The highest BCUT2D eigenvalue weighted by Crippen LogP contribution is 2.65. The number of carbonyl (C=O) groups is 1. The average molecular weight is 328 g/mol. The molecule has 1 saturated heterocycles. The minimum Gasteiger partial charge on any atom is -0.373 e. The Morgan fingerprint density at radius 2 is 1.96 bits per heavy atom. The van der Waals surface area contributed by atoms with Crippen molar-refractivity contribution in [3.8, 4) is 0 Å². The van der Waals surface area contributed by atoms with Gasteiger partial charge in [-0.1, -0.05) is 25.5 Å². The van der Waals surface area contributed by atoms with Crippen LogP contribution in [0.3, 0.4) is 0 Å². The molecule has 0 bridgehead atoms. The van der Waals surface area contributed by atoms with Gasteiger partial charge in [0.15, 0.2) is 5.78 Å². The number of ether oxygens (including phenoxy) is 2. The van der Waals surface area contributed by atoms with E-state index in [1.54, 1.807) is 6.08 Å². The number of hydrogen-bond acceptors (Lipinski definition) is 3. The van der Waals surface area contributed by atoms with Crippen molar-refractivity contribution in [2.75, 3.05) is 13.2 Å². The highest BCUT2D eigenvalue weighted by atomic mass is 16.6. The van der Waals surface area contributed by atoms with Crippen molar-refractivity contribution in [1.29, 1.82) is 0 Å². The molecule has 4 aliphatic carbocycles. The average Bonchev–Trinajstić information content (AvgIpc) is 2.89. The van der Waals surface area contributed by atoms with Gasteiger partial charge in [-0.3, -0.25) is 4.79 Å². The molecular weight excluding hydrogens is 300 g/mol. The fourth-order valence-electron chi connectivity index (χ4n) is 6.97. The third-order valence-electron chi connectivity index (χ3n) is 8.18. The lowest BCUT2D eigenvalue weighted by Crippen LogP contribution is -2.51. The predicted molar refractivity (Wildman–Crippen MR) is 91.5 cm³/mol. The first-order valence-corrected chi connectivity index (χ1v) is 9.70. The van der Waals surface area contributed by atoms with Gasteiger partial charge < -0.3 is 9.47 Å². The van der Waals surface area contributed by atoms with E-state index in [0.717, 1.165) is 25.6 Å². The summed E-state index contributed by atoms with van der Waals surface area (Å²) in [5.74, 6) is 2.28. The first kappa shape index (κ1) is 15.3. The van der Waals surface area contributed by atoms with Crippen LogP contribution in [-0.2, 0) is 14.3 Å². The fourth-order valence-corrected chi connectivity index (χ4v) is 6.97. The number of hydrogen-bond donors (Lipinski definition) is 0. The van der Waals surface area contributed by atoms with Crippen molar-refractivity contribution in [3.05, 3.63) is 23.8 Å². The minimum absolute atomic E-state index is 0.0909. The molecule has 1 heterocycles. The molecule has 0 N–H and O–H groups in total. The maximum absolute atomic E-state index is 11.8. The molecule has 0 amide bonds. The van der Waals surface area contributed by atoms with Crippen LogP contribution in [0, 0.1) is 28.6 Å². The Balaban J connectivity index is 1.50. The molecule has 0 aromatic carbocycles. The van der Waals surface area contributed by atoms with Gasteiger partial charge in [0.1, 0.15) is 0 Å². The monoisotopic (exact) mass is 328 g/mol. The summed E-state index contributed by atoms with van der Waals surface area (Å²) in [6.07, 6.45) is 12.5. The first-order chi connectivity index (χ1) is 11.5. The Bertz CT molecular complexity index is 635. The second-order valence-corrected chi connectivity index (χ2v) is 9.08. The third-order valence-corrected chi connectivity index (χ3v) is 8.18. The maximum Gasteiger partial charge on any atom is 0.178 e. The van der Waals surface area contributed by atoms with Crippen LogP contribution in [0.2, 0.25) is 0 Å². The van der Waals surface area contributed by atoms with Crippen LogP contribution in [-0.4, -0.2) is 31.2 Å². The Morgan fingerprint density at radius 1 is 1.12 bits per heavy atom. The lowest BCUT2D eigenvalue weighted by Gasteiger charge is -2.56. The zero-order chi connectivity index (χ0) is 16.5. The molecule has 5 rings (SSSR count). The highest BCUT2D eigenvalue weighted by molar-refractivity contribution is 6.01. The van der Waals surface area contributed by atoms with Gasteiger partial charge in [0.05, 0.1) is 25.4 Å². The number of ketones is 1. The topological polar surface area (TPSA) is 35.5 Å². The summed E-state index contributed by atoms with van der Waals surface area (Å²) >= 11 is 0. The Hall–Kier alpha value is -0.930. The van der Waals surface area contributed by atoms with Gasteiger partial charge in [0, 0.05) is 5.41 Å². The van der Waals surface area contributed by atoms with Crippen LogP contribution >= 0.6 is 0 Å². The second kappa shape index (κ2) is 5.04. The SMILES string of the molecule is C[C@]12C=CC(=O)C=C1CC[C@@H]1[C@@H]2CC[C@]2(C)C3OCCOC3C[C@@H]12. The molecule has 5 aliphatic rings. The predicted octanol–water partition coefficient (Wildman–Crippen LogP) is 3.69. The van der Waals surface area contributed by atoms with Crippen LogP contribution in [0.15, 0.2) is 23.8 Å². The van der Waals surface area contributed by atoms with E-state index in [-0.39, 0.29) is 16.6 Å². The van der Waals surface area contributed by atoms with Gasteiger partial charge in [-0.05, 0) is 67.4 Å². The van der Waals surface area contributed by atoms with Gasteiger partial charge >= 0.3 is 0 Å². The zero-order valence-corrected chi connectivity index (χ0v) is 14.8. The summed E-state index contributed by atoms with van der Waals surface area (Å²) in [5.41, 5.74) is 1.74. The van der Waals surface area contributed by atoms with Gasteiger partial charge in [0.2, 0.25) is 0 Å². The van der Waals surface area contributed by atoms with E-state index in [0.29, 0.717) is 24.0 Å². The lowest BCUT2D eigenvalue weighted by molar-refractivity contribution is -0.166. The van der Waals surface area contributed by atoms with E-state index < -0.39 is 0 Å². The van der Waals surface area contributed by atoms with Gasteiger partial charge in [-0.15, -0.1) is 0 Å². The summed E-state index contributed by atoms with van der Waals surface area (Å²) in [6, 6.07) is 0. The fraction of sp³-hybridized carbons (Fsp3) is 0.762. The van der Waals surface area contributed by atoms with Crippen molar-refractivity contribution in [1.82, 2.24) is 0 Å². The van der Waals surface area contributed by atoms with Gasteiger partial charge in [-0.25, -0.2) is 0 Å². The molecule has 3 heteroatoms. The Morgan fingerprint density at radius 3 is 2.83 bits per heavy atom. The molecule has 1 aliphatic heterocycles. The molecule has 0 aromatic heterocycles. The van der Waals surface area contributed by atoms with E-state index in [1.807, 2.05) is 6.08 Å². The van der Waals surface area contributed by atoms with Crippen molar-refractivity contribution in [2.24, 2.45) is 28.6 Å². The van der Waals surface area contributed by atoms with Crippen LogP contribution in [0.4, 0.5) is 0 Å². The molecular formula is C21H28O3. The molecule has 3 nitrogen and oxygen atoms in total. The first-order valence-electron chi connectivity index (χ1n) is 9.70. The summed E-state index contributed by atoms with van der Waals surface area (Å²) in [7, 11) is 0. The standard InChI is InChI=1S/C21H28O3/c1-20-7-5-14(22)11-13(20)3-4-15-16(20)6-8-21(2)17(15)12-18-19(21)24-10-9-23-18/h5,7,11,15-19H,3-4,6,8-10,12H2,1-2H3/t15-,16+,17+,18?,19?,20+,21+/m1/s1. The summed E-state index contributed by atoms with van der Waals surface area (Å²) in [6.45, 7) is 6.35. The van der Waals surface area contributed by atoms with Crippen LogP contribution in [0.5, 0.6) is 0 Å². The quantitative estimate of drug-likeness (QED) is 0.680. The Labute approximate surface area is 144 Å². The van der Waals surface area contributed by atoms with Crippen molar-refractivity contribution in [3.63, 3.8) is 0 Å². The second-order valence-electron chi connectivity index (χ2n) is 9.08. The lowest BCUT2D eigenvalue weighted by atomic mass is 9.48. The van der Waals surface area contributed by atoms with Gasteiger partial charge in [0.25, 0.3) is 0 Å².